The molecule has 0 bridgehead atoms. The third kappa shape index (κ3) is 6.20. The molecule has 6 nitrogen and oxygen atoms in total. The fourth-order valence-electron chi connectivity index (χ4n) is 2.39. The van der Waals surface area contributed by atoms with Crippen molar-refractivity contribution in [1.29, 1.82) is 0 Å². The van der Waals surface area contributed by atoms with Gasteiger partial charge in [-0.05, 0) is 31.2 Å². The van der Waals surface area contributed by atoms with Crippen molar-refractivity contribution in [3.8, 4) is 0 Å². The van der Waals surface area contributed by atoms with E-state index in [9.17, 15) is 13.5 Å². The minimum absolute atomic E-state index is 0.0299. The quantitative estimate of drug-likeness (QED) is 0.557. The average Bonchev–Trinajstić information content (AvgIpc) is 2.91. The third-order valence-electron chi connectivity index (χ3n) is 4.03. The van der Waals surface area contributed by atoms with Crippen molar-refractivity contribution in [3.63, 3.8) is 0 Å². The largest absolute Gasteiger partial charge is 0.394 e. The number of aliphatic hydroxyl groups is 2. The number of hydrogen-bond acceptors (Lipinski definition) is 5. The van der Waals surface area contributed by atoms with Crippen LogP contribution in [0.5, 0.6) is 0 Å². The molecule has 1 saturated heterocycles. The molecule has 3 atom stereocenters. The van der Waals surface area contributed by atoms with Crippen molar-refractivity contribution < 1.29 is 18.6 Å². The summed E-state index contributed by atoms with van der Waals surface area (Å²) in [4.78, 5) is 0. The molecule has 0 aromatic heterocycles. The van der Waals surface area contributed by atoms with E-state index in [4.69, 9.17) is 5.11 Å². The maximum atomic E-state index is 12.3. The second-order valence-corrected chi connectivity index (χ2v) is 8.57. The van der Waals surface area contributed by atoms with Gasteiger partial charge in [-0.1, -0.05) is 20.8 Å². The Morgan fingerprint density at radius 1 is 1.33 bits per heavy atom. The molecule has 1 rings (SSSR count). The predicted octanol–water partition coefficient (Wildman–Crippen LogP) is 0.0155. The molecule has 126 valence electrons. The smallest absolute Gasteiger partial charge is 0.214 e. The molecule has 1 heterocycles. The van der Waals surface area contributed by atoms with Gasteiger partial charge in [0, 0.05) is 19.1 Å². The second kappa shape index (κ2) is 8.43. The van der Waals surface area contributed by atoms with E-state index in [1.165, 1.54) is 0 Å². The molecule has 0 saturated carbocycles. The van der Waals surface area contributed by atoms with Crippen LogP contribution in [-0.2, 0) is 10.0 Å². The van der Waals surface area contributed by atoms with Gasteiger partial charge in [-0.15, -0.1) is 0 Å². The van der Waals surface area contributed by atoms with Crippen LogP contribution in [0.15, 0.2) is 0 Å². The summed E-state index contributed by atoms with van der Waals surface area (Å²) in [6, 6.07) is 0.239. The molecule has 2 unspecified atom stereocenters. The van der Waals surface area contributed by atoms with Crippen LogP contribution in [-0.4, -0.2) is 67.1 Å². The fourth-order valence-corrected chi connectivity index (χ4v) is 4.10. The summed E-state index contributed by atoms with van der Waals surface area (Å²) < 4.78 is 26.1. The number of rotatable bonds is 9. The lowest BCUT2D eigenvalue weighted by Gasteiger charge is -2.20. The van der Waals surface area contributed by atoms with Crippen molar-refractivity contribution in [2.45, 2.75) is 45.8 Å². The van der Waals surface area contributed by atoms with E-state index < -0.39 is 16.1 Å². The second-order valence-electron chi connectivity index (χ2n) is 6.48. The zero-order chi connectivity index (χ0) is 16.0. The summed E-state index contributed by atoms with van der Waals surface area (Å²) in [5.74, 6) is 0.362. The Balaban J connectivity index is 2.42. The number of nitrogens with zero attached hydrogens (tertiary/aromatic N) is 1. The van der Waals surface area contributed by atoms with Gasteiger partial charge in [0.05, 0.1) is 18.5 Å². The van der Waals surface area contributed by atoms with Crippen LogP contribution < -0.4 is 5.32 Å². The SMILES string of the molecule is CC(C)CN[C@@H]1CCN(S(=O)(=O)CCC(C)C(O)CO)C1. The summed E-state index contributed by atoms with van der Waals surface area (Å²) in [7, 11) is -3.27. The average molecular weight is 322 g/mol. The standard InChI is InChI=1S/C14H30N2O4S/c1-11(2)8-15-13-4-6-16(9-13)21(19,20)7-5-12(3)14(18)10-17/h11-15,17-18H,4-10H2,1-3H3/t12?,13-,14?/m1/s1. The lowest BCUT2D eigenvalue weighted by molar-refractivity contribution is 0.0523. The first-order valence-corrected chi connectivity index (χ1v) is 9.37. The van der Waals surface area contributed by atoms with Crippen LogP contribution >= 0.6 is 0 Å². The monoisotopic (exact) mass is 322 g/mol. The number of hydrogen-bond donors (Lipinski definition) is 3. The van der Waals surface area contributed by atoms with Crippen LogP contribution in [0.4, 0.5) is 0 Å². The number of nitrogens with one attached hydrogen (secondary N) is 1. The maximum absolute atomic E-state index is 12.3. The predicted molar refractivity (Wildman–Crippen MR) is 83.5 cm³/mol. The fraction of sp³-hybridized carbons (Fsp3) is 1.00. The van der Waals surface area contributed by atoms with Gasteiger partial charge >= 0.3 is 0 Å². The van der Waals surface area contributed by atoms with Crippen molar-refractivity contribution in [3.05, 3.63) is 0 Å². The summed E-state index contributed by atoms with van der Waals surface area (Å²) >= 11 is 0. The lowest BCUT2D eigenvalue weighted by Crippen LogP contribution is -2.38. The normalized spacial score (nSPS) is 23.6. The van der Waals surface area contributed by atoms with Crippen molar-refractivity contribution in [1.82, 2.24) is 9.62 Å². The molecule has 0 aromatic carbocycles. The van der Waals surface area contributed by atoms with Gasteiger partial charge in [0.2, 0.25) is 10.0 Å². The Morgan fingerprint density at radius 3 is 2.57 bits per heavy atom. The van der Waals surface area contributed by atoms with Crippen molar-refractivity contribution in [2.24, 2.45) is 11.8 Å². The molecule has 0 spiro atoms. The number of sulfonamides is 1. The molecule has 1 fully saturated rings. The van der Waals surface area contributed by atoms with Crippen LogP contribution in [0.25, 0.3) is 0 Å². The molecule has 1 aliphatic heterocycles. The Labute approximate surface area is 128 Å². The van der Waals surface area contributed by atoms with Gasteiger partial charge in [-0.2, -0.15) is 0 Å². The van der Waals surface area contributed by atoms with E-state index in [0.29, 0.717) is 25.4 Å². The highest BCUT2D eigenvalue weighted by Crippen LogP contribution is 2.17. The molecule has 0 aromatic rings. The Hall–Kier alpha value is -0.210. The molecule has 7 heteroatoms. The van der Waals surface area contributed by atoms with Gasteiger partial charge in [0.15, 0.2) is 0 Å². The summed E-state index contributed by atoms with van der Waals surface area (Å²) in [5.41, 5.74) is 0. The minimum Gasteiger partial charge on any atom is -0.394 e. The molecule has 21 heavy (non-hydrogen) atoms. The highest BCUT2D eigenvalue weighted by atomic mass is 32.2. The van der Waals surface area contributed by atoms with Gasteiger partial charge < -0.3 is 15.5 Å². The molecule has 3 N–H and O–H groups in total. The molecule has 1 aliphatic rings. The van der Waals surface area contributed by atoms with Crippen molar-refractivity contribution >= 4 is 10.0 Å². The summed E-state index contributed by atoms with van der Waals surface area (Å²) in [6.45, 7) is 7.69. The van der Waals surface area contributed by atoms with E-state index in [-0.39, 0.29) is 24.3 Å². The highest BCUT2D eigenvalue weighted by Gasteiger charge is 2.31. The lowest BCUT2D eigenvalue weighted by atomic mass is 10.0. The highest BCUT2D eigenvalue weighted by molar-refractivity contribution is 7.89. The third-order valence-corrected chi connectivity index (χ3v) is 5.90. The van der Waals surface area contributed by atoms with Crippen LogP contribution in [0.2, 0.25) is 0 Å². The maximum Gasteiger partial charge on any atom is 0.214 e. The van der Waals surface area contributed by atoms with Crippen LogP contribution in [0, 0.1) is 11.8 Å². The minimum atomic E-state index is -3.27. The topological polar surface area (TPSA) is 89.9 Å². The first-order valence-electron chi connectivity index (χ1n) is 7.76. The molecular formula is C14H30N2O4S. The van der Waals surface area contributed by atoms with E-state index in [1.54, 1.807) is 11.2 Å². The number of aliphatic hydroxyl groups excluding tert-OH is 2. The van der Waals surface area contributed by atoms with Crippen LogP contribution in [0.3, 0.4) is 0 Å². The van der Waals surface area contributed by atoms with Crippen LogP contribution in [0.1, 0.15) is 33.6 Å². The Morgan fingerprint density at radius 2 is 2.00 bits per heavy atom. The van der Waals surface area contributed by atoms with Gasteiger partial charge in [0.25, 0.3) is 0 Å². The molecule has 0 aliphatic carbocycles. The Bertz CT molecular complexity index is 400. The van der Waals surface area contributed by atoms with E-state index in [0.717, 1.165) is 13.0 Å². The summed E-state index contributed by atoms with van der Waals surface area (Å²) in [5, 5.41) is 21.7. The Kier molecular flexibility index (Phi) is 7.56. The van der Waals surface area contributed by atoms with Crippen molar-refractivity contribution in [2.75, 3.05) is 32.0 Å². The van der Waals surface area contributed by atoms with Gasteiger partial charge in [-0.3, -0.25) is 0 Å². The zero-order valence-corrected chi connectivity index (χ0v) is 14.1. The molecular weight excluding hydrogens is 292 g/mol. The van der Waals surface area contributed by atoms with E-state index in [2.05, 4.69) is 19.2 Å². The van der Waals surface area contributed by atoms with E-state index >= 15 is 0 Å². The van der Waals surface area contributed by atoms with E-state index in [1.807, 2.05) is 0 Å². The molecule has 0 radical (unpaired) electrons. The van der Waals surface area contributed by atoms with Gasteiger partial charge in [0.1, 0.15) is 0 Å². The summed E-state index contributed by atoms with van der Waals surface area (Å²) in [6.07, 6.45) is 0.366. The first kappa shape index (κ1) is 18.8. The first-order chi connectivity index (χ1) is 9.76. The zero-order valence-electron chi connectivity index (χ0n) is 13.3. The van der Waals surface area contributed by atoms with Gasteiger partial charge in [-0.25, -0.2) is 12.7 Å². The molecule has 0 amide bonds.